The second kappa shape index (κ2) is 10.2. The molecule has 4 atom stereocenters. The Balaban J connectivity index is 1.52. The zero-order valence-electron chi connectivity index (χ0n) is 19.4. The third-order valence-corrected chi connectivity index (χ3v) is 6.47. The summed E-state index contributed by atoms with van der Waals surface area (Å²) in [7, 11) is 3.85. The van der Waals surface area contributed by atoms with Crippen LogP contribution in [0.1, 0.15) is 41.7 Å². The summed E-state index contributed by atoms with van der Waals surface area (Å²) in [4.78, 5) is 14.1. The molecule has 3 N–H and O–H groups in total. The Morgan fingerprint density at radius 3 is 2.59 bits per heavy atom. The van der Waals surface area contributed by atoms with E-state index in [0.717, 1.165) is 24.6 Å². The maximum Gasteiger partial charge on any atom is 0.416 e. The van der Waals surface area contributed by atoms with Crippen LogP contribution in [-0.2, 0) is 10.9 Å². The van der Waals surface area contributed by atoms with Gasteiger partial charge in [0.05, 0.1) is 23.8 Å². The molecule has 1 unspecified atom stereocenters. The van der Waals surface area contributed by atoms with Crippen LogP contribution in [0.4, 0.5) is 23.7 Å². The molecule has 0 saturated carbocycles. The number of carbonyl (C=O) groups excluding carboxylic acids is 1. The average Bonchev–Trinajstić information content (AvgIpc) is 2.81. The van der Waals surface area contributed by atoms with E-state index in [-0.39, 0.29) is 24.1 Å². The molecule has 0 aliphatic carbocycles. The third kappa shape index (κ3) is 5.64. The number of urea groups is 1. The van der Waals surface area contributed by atoms with Gasteiger partial charge in [0, 0.05) is 36.8 Å². The summed E-state index contributed by atoms with van der Waals surface area (Å²) in [6.07, 6.45) is -3.74. The minimum Gasteiger partial charge on any atom is -0.378 e. The fraction of sp³-hybridized carbons (Fsp3) is 0.480. The number of hydrogen-bond acceptors (Lipinski definition) is 4. The predicted octanol–water partition coefficient (Wildman–Crippen LogP) is 4.57. The van der Waals surface area contributed by atoms with Crippen LogP contribution >= 0.6 is 0 Å². The molecule has 2 aromatic rings. The molecule has 0 bridgehead atoms. The normalized spacial score (nSPS) is 24.1. The monoisotopic (exact) mass is 476 g/mol. The van der Waals surface area contributed by atoms with Crippen molar-refractivity contribution in [3.05, 3.63) is 65.2 Å². The molecule has 9 heteroatoms. The topological polar surface area (TPSA) is 65.6 Å². The van der Waals surface area contributed by atoms with E-state index in [9.17, 15) is 18.0 Å². The third-order valence-electron chi connectivity index (χ3n) is 6.47. The number of ether oxygens (including phenoxy) is 1. The van der Waals surface area contributed by atoms with Gasteiger partial charge < -0.3 is 25.6 Å². The number of anilines is 1. The minimum absolute atomic E-state index is 0.0245. The fourth-order valence-electron chi connectivity index (χ4n) is 4.74. The molecule has 2 aliphatic heterocycles. The minimum atomic E-state index is -4.43. The van der Waals surface area contributed by atoms with Crippen molar-refractivity contribution >= 4 is 11.7 Å². The van der Waals surface area contributed by atoms with E-state index in [0.29, 0.717) is 30.8 Å². The van der Waals surface area contributed by atoms with Gasteiger partial charge in [0.25, 0.3) is 0 Å². The molecule has 0 spiro atoms. The number of likely N-dealkylation sites (N-methyl/N-ethyl adjacent to an activating group) is 1. The Kier molecular flexibility index (Phi) is 7.33. The van der Waals surface area contributed by atoms with Gasteiger partial charge in [-0.05, 0) is 50.7 Å². The lowest BCUT2D eigenvalue weighted by atomic mass is 9.76. The van der Waals surface area contributed by atoms with E-state index in [2.05, 4.69) is 16.0 Å². The maximum atomic E-state index is 13.4. The van der Waals surface area contributed by atoms with Crippen LogP contribution in [0.3, 0.4) is 0 Å². The van der Waals surface area contributed by atoms with Gasteiger partial charge in [-0.15, -0.1) is 0 Å². The molecule has 4 rings (SSSR count). The van der Waals surface area contributed by atoms with Crippen molar-refractivity contribution in [1.29, 1.82) is 0 Å². The number of alkyl halides is 3. The van der Waals surface area contributed by atoms with Crippen molar-refractivity contribution in [2.75, 3.05) is 39.0 Å². The summed E-state index contributed by atoms with van der Waals surface area (Å²) in [5.74, 6) is -0.0245. The molecule has 1 fully saturated rings. The number of halogens is 3. The Morgan fingerprint density at radius 2 is 1.88 bits per heavy atom. The van der Waals surface area contributed by atoms with Crippen molar-refractivity contribution in [3.63, 3.8) is 0 Å². The largest absolute Gasteiger partial charge is 0.416 e. The molecule has 0 aromatic heterocycles. The van der Waals surface area contributed by atoms with Gasteiger partial charge in [-0.3, -0.25) is 0 Å². The van der Waals surface area contributed by atoms with Gasteiger partial charge in [-0.1, -0.05) is 30.3 Å². The molecule has 2 aromatic carbocycles. The van der Waals surface area contributed by atoms with Crippen LogP contribution in [0.2, 0.25) is 0 Å². The van der Waals surface area contributed by atoms with E-state index in [1.165, 1.54) is 12.1 Å². The lowest BCUT2D eigenvalue weighted by molar-refractivity contribution is -0.138. The molecule has 2 amide bonds. The molecular formula is C25H31F3N4O2. The van der Waals surface area contributed by atoms with Gasteiger partial charge >= 0.3 is 12.2 Å². The summed E-state index contributed by atoms with van der Waals surface area (Å²) in [6.45, 7) is 1.55. The van der Waals surface area contributed by atoms with E-state index in [1.807, 2.05) is 49.3 Å². The lowest BCUT2D eigenvalue weighted by Crippen LogP contribution is -2.46. The molecule has 6 nitrogen and oxygen atoms in total. The van der Waals surface area contributed by atoms with Crippen LogP contribution < -0.4 is 16.0 Å². The van der Waals surface area contributed by atoms with Crippen molar-refractivity contribution in [3.8, 4) is 0 Å². The molecule has 184 valence electrons. The summed E-state index contributed by atoms with van der Waals surface area (Å²) < 4.78 is 46.7. The molecule has 2 heterocycles. The van der Waals surface area contributed by atoms with Crippen LogP contribution in [0.15, 0.2) is 48.5 Å². The Morgan fingerprint density at radius 1 is 1.12 bits per heavy atom. The molecule has 0 radical (unpaired) electrons. The van der Waals surface area contributed by atoms with Crippen molar-refractivity contribution in [2.24, 2.45) is 5.92 Å². The van der Waals surface area contributed by atoms with Gasteiger partial charge in [0.1, 0.15) is 0 Å². The predicted molar refractivity (Wildman–Crippen MR) is 125 cm³/mol. The second-order valence-corrected chi connectivity index (χ2v) is 9.19. The molecule has 1 saturated heterocycles. The van der Waals surface area contributed by atoms with E-state index < -0.39 is 17.8 Å². The quantitative estimate of drug-likeness (QED) is 0.572. The van der Waals surface area contributed by atoms with E-state index >= 15 is 0 Å². The van der Waals surface area contributed by atoms with Gasteiger partial charge in [-0.2, -0.15) is 13.2 Å². The van der Waals surface area contributed by atoms with E-state index in [4.69, 9.17) is 4.74 Å². The summed E-state index contributed by atoms with van der Waals surface area (Å²) in [6, 6.07) is 13.4. The van der Waals surface area contributed by atoms with Gasteiger partial charge in [0.2, 0.25) is 0 Å². The van der Waals surface area contributed by atoms with Crippen LogP contribution in [-0.4, -0.2) is 50.8 Å². The van der Waals surface area contributed by atoms with Gasteiger partial charge in [0.15, 0.2) is 0 Å². The first kappa shape index (κ1) is 24.3. The number of nitrogens with zero attached hydrogens (tertiary/aromatic N) is 1. The average molecular weight is 477 g/mol. The lowest BCUT2D eigenvalue weighted by Gasteiger charge is -2.46. The Bertz CT molecular complexity index is 984. The SMILES string of the molecule is CN(C)CCNC(=O)NC[C@H]1CC[C@@H]2C(O1)c1cc(C(F)(F)F)ccc1N[C@@H]2c1ccccc1. The second-order valence-electron chi connectivity index (χ2n) is 9.19. The number of hydrogen-bond donors (Lipinski definition) is 3. The summed E-state index contributed by atoms with van der Waals surface area (Å²) >= 11 is 0. The number of nitrogens with one attached hydrogen (secondary N) is 3. The number of fused-ring (bicyclic) bond motifs is 3. The van der Waals surface area contributed by atoms with Gasteiger partial charge in [-0.25, -0.2) is 4.79 Å². The van der Waals surface area contributed by atoms with Crippen molar-refractivity contribution in [2.45, 2.75) is 37.3 Å². The maximum absolute atomic E-state index is 13.4. The zero-order chi connectivity index (χ0) is 24.3. The fourth-order valence-corrected chi connectivity index (χ4v) is 4.74. The van der Waals surface area contributed by atoms with Crippen LogP contribution in [0, 0.1) is 5.92 Å². The molecule has 2 aliphatic rings. The highest BCUT2D eigenvalue weighted by molar-refractivity contribution is 5.73. The van der Waals surface area contributed by atoms with E-state index in [1.54, 1.807) is 0 Å². The standard InChI is InChI=1S/C25H31F3N4O2/c1-32(2)13-12-29-24(33)30-15-18-9-10-19-22(16-6-4-3-5-7-16)31-21-11-8-17(25(26,27)28)14-20(21)23(19)34-18/h3-8,11,14,18-19,22-23,31H,9-10,12-13,15H2,1-2H3,(H2,29,30,33)/t18-,19+,22-,23?/m1/s1. The Hall–Kier alpha value is -2.78. The molecular weight excluding hydrogens is 445 g/mol. The molecule has 34 heavy (non-hydrogen) atoms. The van der Waals surface area contributed by atoms with Crippen molar-refractivity contribution in [1.82, 2.24) is 15.5 Å². The summed E-state index contributed by atoms with van der Waals surface area (Å²) in [5, 5.41) is 9.09. The Labute approximate surface area is 197 Å². The van der Waals surface area contributed by atoms with Crippen LogP contribution in [0.5, 0.6) is 0 Å². The first-order valence-electron chi connectivity index (χ1n) is 11.6. The van der Waals surface area contributed by atoms with Crippen LogP contribution in [0.25, 0.3) is 0 Å². The first-order valence-corrected chi connectivity index (χ1v) is 11.6. The highest BCUT2D eigenvalue weighted by atomic mass is 19.4. The zero-order valence-corrected chi connectivity index (χ0v) is 19.4. The smallest absolute Gasteiger partial charge is 0.378 e. The number of amides is 2. The number of rotatable bonds is 6. The summed E-state index contributed by atoms with van der Waals surface area (Å²) in [5.41, 5.74) is 1.56. The van der Waals surface area contributed by atoms with Crippen molar-refractivity contribution < 1.29 is 22.7 Å². The first-order chi connectivity index (χ1) is 16.2. The number of benzene rings is 2. The highest BCUT2D eigenvalue weighted by Gasteiger charge is 2.43. The highest BCUT2D eigenvalue weighted by Crippen LogP contribution is 2.51. The number of carbonyl (C=O) groups is 1.